The van der Waals surface area contributed by atoms with Crippen molar-refractivity contribution >= 4 is 6.03 Å². The summed E-state index contributed by atoms with van der Waals surface area (Å²) in [5.41, 5.74) is 5.74. The highest BCUT2D eigenvalue weighted by Crippen LogP contribution is 2.18. The van der Waals surface area contributed by atoms with E-state index in [2.05, 4.69) is 17.6 Å². The Hall–Kier alpha value is -0.770. The van der Waals surface area contributed by atoms with Gasteiger partial charge in [-0.05, 0) is 19.3 Å². The first-order valence-electron chi connectivity index (χ1n) is 5.02. The van der Waals surface area contributed by atoms with Crippen LogP contribution in [0.15, 0.2) is 0 Å². The molecule has 0 aromatic carbocycles. The zero-order chi connectivity index (χ0) is 9.68. The topological polar surface area (TPSA) is 67.1 Å². The van der Waals surface area contributed by atoms with Gasteiger partial charge >= 0.3 is 6.03 Å². The summed E-state index contributed by atoms with van der Waals surface area (Å²) in [6, 6.07) is 0.436. The molecule has 1 aliphatic rings. The molecule has 2 amide bonds. The first-order valence-corrected chi connectivity index (χ1v) is 5.02. The molecule has 4 nitrogen and oxygen atoms in total. The van der Waals surface area contributed by atoms with Crippen molar-refractivity contribution < 1.29 is 4.79 Å². The maximum Gasteiger partial charge on any atom is 0.315 e. The molecule has 0 saturated heterocycles. The predicted octanol–water partition coefficient (Wildman–Crippen LogP) is 0.575. The lowest BCUT2D eigenvalue weighted by atomic mass is 10.2. The van der Waals surface area contributed by atoms with E-state index in [-0.39, 0.29) is 12.1 Å². The van der Waals surface area contributed by atoms with Crippen molar-refractivity contribution in [3.63, 3.8) is 0 Å². The van der Waals surface area contributed by atoms with Crippen LogP contribution in [0.3, 0.4) is 0 Å². The Kier molecular flexibility index (Phi) is 4.02. The molecule has 0 radical (unpaired) electrons. The van der Waals surface area contributed by atoms with E-state index in [1.54, 1.807) is 0 Å². The summed E-state index contributed by atoms with van der Waals surface area (Å²) in [7, 11) is 0. The number of nitrogens with one attached hydrogen (secondary N) is 2. The van der Waals surface area contributed by atoms with E-state index in [1.165, 1.54) is 0 Å². The Balaban J connectivity index is 1.99. The van der Waals surface area contributed by atoms with Gasteiger partial charge in [0.05, 0.1) is 0 Å². The maximum absolute atomic E-state index is 11.1. The van der Waals surface area contributed by atoms with E-state index >= 15 is 0 Å². The van der Waals surface area contributed by atoms with Gasteiger partial charge in [0.1, 0.15) is 0 Å². The van der Waals surface area contributed by atoms with Gasteiger partial charge in [0.15, 0.2) is 0 Å². The Bertz CT molecular complexity index is 168. The number of carbonyl (C=O) groups excluding carboxylic acids is 1. The van der Waals surface area contributed by atoms with Crippen LogP contribution in [0.5, 0.6) is 0 Å². The Morgan fingerprint density at radius 1 is 1.62 bits per heavy atom. The number of hydrogen-bond acceptors (Lipinski definition) is 2. The number of carbonyl (C=O) groups is 1. The lowest BCUT2D eigenvalue weighted by Gasteiger charge is -2.11. The zero-order valence-corrected chi connectivity index (χ0v) is 8.18. The van der Waals surface area contributed by atoms with Crippen molar-refractivity contribution in [2.24, 2.45) is 5.73 Å². The summed E-state index contributed by atoms with van der Waals surface area (Å²) in [5, 5.41) is 5.61. The molecule has 1 fully saturated rings. The van der Waals surface area contributed by atoms with Gasteiger partial charge in [-0.25, -0.2) is 4.79 Å². The number of urea groups is 1. The Labute approximate surface area is 79.3 Å². The highest BCUT2D eigenvalue weighted by Gasteiger charge is 2.22. The smallest absolute Gasteiger partial charge is 0.315 e. The molecule has 4 N–H and O–H groups in total. The van der Waals surface area contributed by atoms with Gasteiger partial charge in [0, 0.05) is 18.6 Å². The van der Waals surface area contributed by atoms with Gasteiger partial charge in [-0.1, -0.05) is 13.3 Å². The van der Waals surface area contributed by atoms with Crippen LogP contribution in [0.1, 0.15) is 32.6 Å². The van der Waals surface area contributed by atoms with Crippen LogP contribution in [0.4, 0.5) is 4.79 Å². The van der Waals surface area contributed by atoms with Gasteiger partial charge in [-0.2, -0.15) is 0 Å². The molecular formula is C9H19N3O. The third kappa shape index (κ3) is 4.72. The van der Waals surface area contributed by atoms with E-state index < -0.39 is 0 Å². The molecule has 0 heterocycles. The van der Waals surface area contributed by atoms with Crippen molar-refractivity contribution in [1.29, 1.82) is 0 Å². The summed E-state index contributed by atoms with van der Waals surface area (Å²) >= 11 is 0. The molecule has 1 atom stereocenters. The second-order valence-electron chi connectivity index (χ2n) is 3.68. The quantitative estimate of drug-likeness (QED) is 0.586. The molecule has 0 spiro atoms. The number of nitrogens with two attached hydrogens (primary N) is 1. The van der Waals surface area contributed by atoms with Crippen molar-refractivity contribution in [3.8, 4) is 0 Å². The van der Waals surface area contributed by atoms with Crippen LogP contribution in [0, 0.1) is 0 Å². The van der Waals surface area contributed by atoms with Gasteiger partial charge < -0.3 is 16.4 Å². The fourth-order valence-corrected chi connectivity index (χ4v) is 1.16. The second-order valence-corrected chi connectivity index (χ2v) is 3.68. The van der Waals surface area contributed by atoms with Crippen molar-refractivity contribution in [1.82, 2.24) is 10.6 Å². The monoisotopic (exact) mass is 185 g/mol. The van der Waals surface area contributed by atoms with Gasteiger partial charge in [0.2, 0.25) is 0 Å². The van der Waals surface area contributed by atoms with Gasteiger partial charge in [-0.15, -0.1) is 0 Å². The highest BCUT2D eigenvalue weighted by molar-refractivity contribution is 5.74. The minimum atomic E-state index is -0.0750. The van der Waals surface area contributed by atoms with Crippen molar-refractivity contribution in [2.45, 2.75) is 44.7 Å². The summed E-state index contributed by atoms with van der Waals surface area (Å²) in [6.07, 6.45) is 4.26. The average molecular weight is 185 g/mol. The molecule has 1 saturated carbocycles. The molecule has 76 valence electrons. The minimum Gasteiger partial charge on any atom is -0.337 e. The molecular weight excluding hydrogens is 166 g/mol. The van der Waals surface area contributed by atoms with Crippen LogP contribution in [0.25, 0.3) is 0 Å². The maximum atomic E-state index is 11.1. The SMILES string of the molecule is CCCC(N)CNC(=O)NC1CC1. The number of hydrogen-bond donors (Lipinski definition) is 3. The first-order chi connectivity index (χ1) is 6.22. The standard InChI is InChI=1S/C9H19N3O/c1-2-3-7(10)6-11-9(13)12-8-4-5-8/h7-8H,2-6,10H2,1H3,(H2,11,12,13). The van der Waals surface area contributed by atoms with E-state index in [0.717, 1.165) is 25.7 Å². The van der Waals surface area contributed by atoms with Crippen LogP contribution >= 0.6 is 0 Å². The fourth-order valence-electron chi connectivity index (χ4n) is 1.16. The third-order valence-corrected chi connectivity index (χ3v) is 2.10. The average Bonchev–Trinajstić information content (AvgIpc) is 2.85. The lowest BCUT2D eigenvalue weighted by Crippen LogP contribution is -2.43. The lowest BCUT2D eigenvalue weighted by molar-refractivity contribution is 0.239. The molecule has 0 aromatic rings. The fraction of sp³-hybridized carbons (Fsp3) is 0.889. The zero-order valence-electron chi connectivity index (χ0n) is 8.18. The van der Waals surface area contributed by atoms with Gasteiger partial charge in [-0.3, -0.25) is 0 Å². The number of rotatable bonds is 5. The van der Waals surface area contributed by atoms with Gasteiger partial charge in [0.25, 0.3) is 0 Å². The largest absolute Gasteiger partial charge is 0.337 e. The van der Waals surface area contributed by atoms with E-state index in [0.29, 0.717) is 12.6 Å². The minimum absolute atomic E-state index is 0.0750. The predicted molar refractivity (Wildman–Crippen MR) is 52.4 cm³/mol. The van der Waals surface area contributed by atoms with E-state index in [1.807, 2.05) is 0 Å². The van der Waals surface area contributed by atoms with Crippen LogP contribution in [-0.4, -0.2) is 24.7 Å². The molecule has 0 aliphatic heterocycles. The summed E-state index contributed by atoms with van der Waals surface area (Å²) in [6.45, 7) is 2.66. The Morgan fingerprint density at radius 3 is 2.85 bits per heavy atom. The molecule has 13 heavy (non-hydrogen) atoms. The first kappa shape index (κ1) is 10.3. The summed E-state index contributed by atoms with van der Waals surface area (Å²) in [5.74, 6) is 0. The highest BCUT2D eigenvalue weighted by atomic mass is 16.2. The molecule has 0 bridgehead atoms. The Morgan fingerprint density at radius 2 is 2.31 bits per heavy atom. The summed E-state index contributed by atoms with van der Waals surface area (Å²) < 4.78 is 0. The van der Waals surface area contributed by atoms with E-state index in [9.17, 15) is 4.79 Å². The molecule has 4 heteroatoms. The summed E-state index contributed by atoms with van der Waals surface area (Å²) in [4.78, 5) is 11.1. The van der Waals surface area contributed by atoms with Crippen LogP contribution < -0.4 is 16.4 Å². The third-order valence-electron chi connectivity index (χ3n) is 2.10. The molecule has 1 rings (SSSR count). The van der Waals surface area contributed by atoms with Crippen LogP contribution in [0.2, 0.25) is 0 Å². The molecule has 1 aliphatic carbocycles. The molecule has 0 aromatic heterocycles. The number of amides is 2. The van der Waals surface area contributed by atoms with Crippen molar-refractivity contribution in [2.75, 3.05) is 6.54 Å². The van der Waals surface area contributed by atoms with Crippen molar-refractivity contribution in [3.05, 3.63) is 0 Å². The van der Waals surface area contributed by atoms with Crippen LogP contribution in [-0.2, 0) is 0 Å². The molecule has 1 unspecified atom stereocenters. The second kappa shape index (κ2) is 5.07. The normalized spacial score (nSPS) is 18.0. The van der Waals surface area contributed by atoms with E-state index in [4.69, 9.17) is 5.73 Å².